The van der Waals surface area contributed by atoms with Crippen molar-refractivity contribution in [2.75, 3.05) is 7.11 Å². The Morgan fingerprint density at radius 3 is 2.29 bits per heavy atom. The number of aromatic nitrogens is 2. The van der Waals surface area contributed by atoms with Crippen molar-refractivity contribution in [2.24, 2.45) is 0 Å². The molecule has 0 spiro atoms. The summed E-state index contributed by atoms with van der Waals surface area (Å²) in [4.78, 5) is 18.8. The molecule has 3 aromatic rings. The van der Waals surface area contributed by atoms with E-state index in [2.05, 4.69) is 14.9 Å². The minimum absolute atomic E-state index is 0.572. The van der Waals surface area contributed by atoms with E-state index >= 15 is 0 Å². The maximum absolute atomic E-state index is 5.07. The van der Waals surface area contributed by atoms with Crippen LogP contribution in [-0.4, -0.2) is 17.1 Å². The lowest BCUT2D eigenvalue weighted by molar-refractivity contribution is -0.177. The minimum atomic E-state index is 0.572. The number of hydrogen-bond acceptors (Lipinski definition) is 4. The molecule has 84 valence electrons. The van der Waals surface area contributed by atoms with Gasteiger partial charge in [-0.2, -0.15) is 4.89 Å². The summed E-state index contributed by atoms with van der Waals surface area (Å²) in [5.41, 5.74) is 3.20. The van der Waals surface area contributed by atoms with Gasteiger partial charge in [0.05, 0.1) is 23.7 Å². The lowest BCUT2D eigenvalue weighted by Gasteiger charge is -2.05. The van der Waals surface area contributed by atoms with Gasteiger partial charge in [0.15, 0.2) is 5.75 Å². The maximum atomic E-state index is 5.07. The van der Waals surface area contributed by atoms with Crippen molar-refractivity contribution in [3.63, 3.8) is 0 Å². The molecule has 4 nitrogen and oxygen atoms in total. The number of rotatable bonds is 2. The van der Waals surface area contributed by atoms with Crippen molar-refractivity contribution in [3.05, 3.63) is 42.5 Å². The lowest BCUT2D eigenvalue weighted by atomic mass is 10.2. The van der Waals surface area contributed by atoms with Crippen molar-refractivity contribution in [1.29, 1.82) is 0 Å². The second-order valence-corrected chi connectivity index (χ2v) is 3.59. The Kier molecular flexibility index (Phi) is 2.34. The van der Waals surface area contributed by atoms with Crippen LogP contribution in [0.25, 0.3) is 22.1 Å². The van der Waals surface area contributed by atoms with Crippen molar-refractivity contribution >= 4 is 22.1 Å². The van der Waals surface area contributed by atoms with Crippen LogP contribution in [0, 0.1) is 0 Å². The number of hydrogen-bond donors (Lipinski definition) is 0. The molecule has 1 heterocycles. The van der Waals surface area contributed by atoms with Crippen molar-refractivity contribution in [3.8, 4) is 5.75 Å². The summed E-state index contributed by atoms with van der Waals surface area (Å²) in [6.45, 7) is 0. The van der Waals surface area contributed by atoms with E-state index < -0.39 is 0 Å². The van der Waals surface area contributed by atoms with Gasteiger partial charge in [-0.15, -0.1) is 0 Å². The van der Waals surface area contributed by atoms with E-state index in [0.717, 1.165) is 16.6 Å². The second kappa shape index (κ2) is 3.99. The molecule has 0 fully saturated rings. The minimum Gasteiger partial charge on any atom is -0.335 e. The molecular formula is C13H10N2O2. The maximum Gasteiger partial charge on any atom is 0.193 e. The molecule has 0 N–H and O–H groups in total. The van der Waals surface area contributed by atoms with Gasteiger partial charge < -0.3 is 4.89 Å². The summed E-state index contributed by atoms with van der Waals surface area (Å²) < 4.78 is 0. The molecule has 0 aliphatic carbocycles. The number of para-hydroxylation sites is 3. The summed E-state index contributed by atoms with van der Waals surface area (Å²) in [5.74, 6) is 0.572. The fraction of sp³-hybridized carbons (Fsp3) is 0.0769. The molecule has 1 aromatic heterocycles. The van der Waals surface area contributed by atoms with Crippen LogP contribution in [0.4, 0.5) is 0 Å². The zero-order chi connectivity index (χ0) is 11.7. The Labute approximate surface area is 97.8 Å². The third kappa shape index (κ3) is 1.68. The van der Waals surface area contributed by atoms with Crippen LogP contribution >= 0.6 is 0 Å². The molecule has 0 unspecified atom stereocenters. The molecule has 0 aliphatic rings. The molecular weight excluding hydrogens is 216 g/mol. The molecule has 3 rings (SSSR count). The summed E-state index contributed by atoms with van der Waals surface area (Å²) in [6, 6.07) is 13.3. The molecule has 0 radical (unpaired) electrons. The Balaban J connectivity index is 2.35. The molecule has 0 saturated heterocycles. The summed E-state index contributed by atoms with van der Waals surface area (Å²) in [5, 5.41) is 0. The fourth-order valence-electron chi connectivity index (χ4n) is 1.77. The predicted octanol–water partition coefficient (Wildman–Crippen LogP) is 2.72. The highest BCUT2D eigenvalue weighted by Gasteiger charge is 2.07. The summed E-state index contributed by atoms with van der Waals surface area (Å²) in [7, 11) is 1.47. The predicted molar refractivity (Wildman–Crippen MR) is 64.7 cm³/mol. The van der Waals surface area contributed by atoms with E-state index in [0.29, 0.717) is 11.3 Å². The summed E-state index contributed by atoms with van der Waals surface area (Å²) >= 11 is 0. The van der Waals surface area contributed by atoms with Crippen LogP contribution in [0.3, 0.4) is 0 Å². The van der Waals surface area contributed by atoms with Crippen molar-refractivity contribution in [2.45, 2.75) is 0 Å². The number of fused-ring (bicyclic) bond motifs is 2. The Morgan fingerprint density at radius 2 is 1.53 bits per heavy atom. The van der Waals surface area contributed by atoms with Crippen LogP contribution in [0.1, 0.15) is 0 Å². The van der Waals surface area contributed by atoms with Gasteiger partial charge in [-0.3, -0.25) is 0 Å². The third-order valence-electron chi connectivity index (χ3n) is 2.51. The van der Waals surface area contributed by atoms with E-state index in [4.69, 9.17) is 4.89 Å². The molecule has 17 heavy (non-hydrogen) atoms. The molecule has 0 amide bonds. The standard InChI is InChI=1S/C13H10N2O2/c1-16-17-12-8-4-7-11-13(12)15-10-6-3-2-5-9(10)14-11/h2-8H,1H3. The van der Waals surface area contributed by atoms with Gasteiger partial charge in [0.1, 0.15) is 5.52 Å². The molecule has 0 aliphatic heterocycles. The SMILES string of the molecule is COOc1cccc2nc3ccccc3nc12. The fourth-order valence-corrected chi connectivity index (χ4v) is 1.77. The second-order valence-electron chi connectivity index (χ2n) is 3.59. The Bertz CT molecular complexity index is 682. The monoisotopic (exact) mass is 226 g/mol. The van der Waals surface area contributed by atoms with Crippen molar-refractivity contribution in [1.82, 2.24) is 9.97 Å². The van der Waals surface area contributed by atoms with Gasteiger partial charge in [-0.05, 0) is 24.3 Å². The quantitative estimate of drug-likeness (QED) is 0.383. The van der Waals surface area contributed by atoms with E-state index in [9.17, 15) is 0 Å². The first-order chi connectivity index (χ1) is 8.38. The highest BCUT2D eigenvalue weighted by atomic mass is 17.2. The first kappa shape index (κ1) is 9.99. The van der Waals surface area contributed by atoms with Gasteiger partial charge in [0, 0.05) is 0 Å². The van der Waals surface area contributed by atoms with Crippen LogP contribution in [0.5, 0.6) is 5.75 Å². The van der Waals surface area contributed by atoms with E-state index in [1.165, 1.54) is 7.11 Å². The van der Waals surface area contributed by atoms with Gasteiger partial charge in [-0.1, -0.05) is 18.2 Å². The first-order valence-corrected chi connectivity index (χ1v) is 5.24. The normalized spacial score (nSPS) is 10.9. The highest BCUT2D eigenvalue weighted by Crippen LogP contribution is 2.24. The number of benzene rings is 2. The van der Waals surface area contributed by atoms with Gasteiger partial charge >= 0.3 is 0 Å². The topological polar surface area (TPSA) is 44.2 Å². The molecule has 2 aromatic carbocycles. The van der Waals surface area contributed by atoms with Gasteiger partial charge in [0.25, 0.3) is 0 Å². The zero-order valence-electron chi connectivity index (χ0n) is 9.25. The Morgan fingerprint density at radius 1 is 0.824 bits per heavy atom. The smallest absolute Gasteiger partial charge is 0.193 e. The zero-order valence-corrected chi connectivity index (χ0v) is 9.25. The molecule has 0 bridgehead atoms. The van der Waals surface area contributed by atoms with Gasteiger partial charge in [0.2, 0.25) is 0 Å². The van der Waals surface area contributed by atoms with Crippen LogP contribution in [-0.2, 0) is 4.89 Å². The van der Waals surface area contributed by atoms with Crippen LogP contribution in [0.2, 0.25) is 0 Å². The van der Waals surface area contributed by atoms with Crippen LogP contribution in [0.15, 0.2) is 42.5 Å². The van der Waals surface area contributed by atoms with E-state index in [-0.39, 0.29) is 0 Å². The van der Waals surface area contributed by atoms with Crippen LogP contribution < -0.4 is 4.89 Å². The molecule has 0 atom stereocenters. The van der Waals surface area contributed by atoms with E-state index in [1.807, 2.05) is 36.4 Å². The molecule has 0 saturated carbocycles. The summed E-state index contributed by atoms with van der Waals surface area (Å²) in [6.07, 6.45) is 0. The lowest BCUT2D eigenvalue weighted by Crippen LogP contribution is -1.94. The highest BCUT2D eigenvalue weighted by molar-refractivity contribution is 5.89. The third-order valence-corrected chi connectivity index (χ3v) is 2.51. The average Bonchev–Trinajstić information content (AvgIpc) is 2.37. The average molecular weight is 226 g/mol. The molecule has 4 heteroatoms. The largest absolute Gasteiger partial charge is 0.335 e. The Hall–Kier alpha value is -2.20. The van der Waals surface area contributed by atoms with E-state index in [1.54, 1.807) is 6.07 Å². The van der Waals surface area contributed by atoms with Gasteiger partial charge in [-0.25, -0.2) is 9.97 Å². The number of nitrogens with zero attached hydrogens (tertiary/aromatic N) is 2. The first-order valence-electron chi connectivity index (χ1n) is 5.24. The van der Waals surface area contributed by atoms with Crippen molar-refractivity contribution < 1.29 is 9.78 Å².